The lowest BCUT2D eigenvalue weighted by molar-refractivity contribution is -0.107. The Labute approximate surface area is 50.9 Å². The summed E-state index contributed by atoms with van der Waals surface area (Å²) < 4.78 is 0. The first kappa shape index (κ1) is 5.81. The Balaban J connectivity index is 2.84. The molecule has 0 atom stereocenters. The molecule has 0 bridgehead atoms. The van der Waals surface area contributed by atoms with Crippen LogP contribution in [-0.4, -0.2) is 16.5 Å². The van der Waals surface area contributed by atoms with Crippen LogP contribution in [0.25, 0.3) is 0 Å². The normalized spacial score (nSPS) is 9.33. The highest BCUT2D eigenvalue weighted by atomic mass is 16.1. The zero-order valence-corrected chi connectivity index (χ0v) is 4.68. The van der Waals surface area contributed by atoms with E-state index in [9.17, 15) is 9.59 Å². The largest absolute Gasteiger partial charge is 0.303 e. The Morgan fingerprint density at radius 1 is 1.56 bits per heavy atom. The minimum atomic E-state index is -0.202. The van der Waals surface area contributed by atoms with E-state index in [0.717, 1.165) is 6.29 Å². The van der Waals surface area contributed by atoms with Gasteiger partial charge in [-0.05, 0) is 0 Å². The van der Waals surface area contributed by atoms with E-state index in [4.69, 9.17) is 0 Å². The van der Waals surface area contributed by atoms with Gasteiger partial charge in [-0.1, -0.05) is 0 Å². The molecule has 0 aromatic carbocycles. The zero-order chi connectivity index (χ0) is 6.69. The molecule has 0 saturated carbocycles. The number of rotatable bonds is 2. The van der Waals surface area contributed by atoms with Gasteiger partial charge in [0.05, 0.1) is 0 Å². The highest BCUT2D eigenvalue weighted by molar-refractivity contribution is 5.53. The summed E-state index contributed by atoms with van der Waals surface area (Å²) in [6.45, 7) is 0. The first-order chi connectivity index (χ1) is 4.33. The van der Waals surface area contributed by atoms with Gasteiger partial charge in [-0.2, -0.15) is 0 Å². The standard InChI is InChI=1S/C5H6N2O2/c8-2-1-4-3-5(9)7-6-4/h2-3H,1H2,(H2,6,7,9). The fourth-order valence-corrected chi connectivity index (χ4v) is 0.572. The number of aldehydes is 1. The van der Waals surface area contributed by atoms with Crippen molar-refractivity contribution < 1.29 is 4.79 Å². The van der Waals surface area contributed by atoms with Crippen molar-refractivity contribution in [3.05, 3.63) is 22.1 Å². The fourth-order valence-electron chi connectivity index (χ4n) is 0.572. The van der Waals surface area contributed by atoms with E-state index in [-0.39, 0.29) is 12.0 Å². The molecule has 1 heterocycles. The lowest BCUT2D eigenvalue weighted by Crippen LogP contribution is -1.93. The summed E-state index contributed by atoms with van der Waals surface area (Å²) in [4.78, 5) is 20.2. The molecule has 0 aliphatic carbocycles. The summed E-state index contributed by atoms with van der Waals surface area (Å²) >= 11 is 0. The topological polar surface area (TPSA) is 65.7 Å². The fraction of sp³-hybridized carbons (Fsp3) is 0.200. The second-order valence-electron chi connectivity index (χ2n) is 1.65. The number of nitrogens with one attached hydrogen (secondary N) is 2. The van der Waals surface area contributed by atoms with Crippen LogP contribution >= 0.6 is 0 Å². The number of aromatic nitrogens is 2. The third kappa shape index (κ3) is 1.28. The zero-order valence-electron chi connectivity index (χ0n) is 4.68. The highest BCUT2D eigenvalue weighted by Crippen LogP contribution is 1.83. The molecule has 0 aliphatic rings. The Morgan fingerprint density at radius 2 is 2.33 bits per heavy atom. The molecule has 0 spiro atoms. The number of hydrogen-bond donors (Lipinski definition) is 2. The van der Waals surface area contributed by atoms with Gasteiger partial charge >= 0.3 is 0 Å². The van der Waals surface area contributed by atoms with E-state index in [1.165, 1.54) is 6.07 Å². The van der Waals surface area contributed by atoms with Crippen LogP contribution in [0.1, 0.15) is 5.69 Å². The first-order valence-electron chi connectivity index (χ1n) is 2.53. The van der Waals surface area contributed by atoms with Crippen molar-refractivity contribution in [2.24, 2.45) is 0 Å². The maximum atomic E-state index is 10.4. The van der Waals surface area contributed by atoms with Crippen molar-refractivity contribution in [1.29, 1.82) is 0 Å². The highest BCUT2D eigenvalue weighted by Gasteiger charge is 1.91. The van der Waals surface area contributed by atoms with Crippen molar-refractivity contribution in [3.63, 3.8) is 0 Å². The molecule has 0 amide bonds. The Hall–Kier alpha value is -1.32. The van der Waals surface area contributed by atoms with Gasteiger partial charge in [0.2, 0.25) is 0 Å². The van der Waals surface area contributed by atoms with Crippen LogP contribution in [0.4, 0.5) is 0 Å². The summed E-state index contributed by atoms with van der Waals surface area (Å²) in [6, 6.07) is 1.36. The molecule has 9 heavy (non-hydrogen) atoms. The van der Waals surface area contributed by atoms with Gasteiger partial charge in [-0.3, -0.25) is 9.89 Å². The second kappa shape index (κ2) is 2.30. The van der Waals surface area contributed by atoms with E-state index < -0.39 is 0 Å². The average Bonchev–Trinajstić information content (AvgIpc) is 2.17. The number of carbonyl (C=O) groups excluding carboxylic acids is 1. The monoisotopic (exact) mass is 126 g/mol. The molecule has 0 unspecified atom stereocenters. The number of aromatic amines is 2. The van der Waals surface area contributed by atoms with Crippen LogP contribution < -0.4 is 5.56 Å². The van der Waals surface area contributed by atoms with Crippen LogP contribution in [-0.2, 0) is 11.2 Å². The molecule has 48 valence electrons. The molecule has 0 aliphatic heterocycles. The van der Waals surface area contributed by atoms with E-state index in [2.05, 4.69) is 10.2 Å². The molecule has 0 fully saturated rings. The number of carbonyl (C=O) groups is 1. The van der Waals surface area contributed by atoms with Gasteiger partial charge in [0.1, 0.15) is 6.29 Å². The van der Waals surface area contributed by atoms with Crippen molar-refractivity contribution in [1.82, 2.24) is 10.2 Å². The molecule has 0 radical (unpaired) electrons. The third-order valence-corrected chi connectivity index (χ3v) is 0.955. The Bertz CT molecular complexity index is 247. The summed E-state index contributed by atoms with van der Waals surface area (Å²) in [5, 5.41) is 4.85. The first-order valence-corrected chi connectivity index (χ1v) is 2.53. The quantitative estimate of drug-likeness (QED) is 0.522. The molecular weight excluding hydrogens is 120 g/mol. The SMILES string of the molecule is O=CCc1cc(=O)[nH][nH]1. The van der Waals surface area contributed by atoms with Crippen molar-refractivity contribution >= 4 is 6.29 Å². The maximum Gasteiger partial charge on any atom is 0.264 e. The molecule has 4 heteroatoms. The summed E-state index contributed by atoms with van der Waals surface area (Å²) in [6.07, 6.45) is 0.998. The summed E-state index contributed by atoms with van der Waals surface area (Å²) in [5.41, 5.74) is 0.418. The minimum absolute atomic E-state index is 0.202. The van der Waals surface area contributed by atoms with Gasteiger partial charge in [0.15, 0.2) is 0 Å². The summed E-state index contributed by atoms with van der Waals surface area (Å²) in [5.74, 6) is 0. The summed E-state index contributed by atoms with van der Waals surface area (Å²) in [7, 11) is 0. The van der Waals surface area contributed by atoms with Crippen LogP contribution in [0.15, 0.2) is 10.9 Å². The maximum absolute atomic E-state index is 10.4. The van der Waals surface area contributed by atoms with Gasteiger partial charge in [0, 0.05) is 18.2 Å². The molecule has 1 aromatic rings. The minimum Gasteiger partial charge on any atom is -0.303 e. The van der Waals surface area contributed by atoms with E-state index in [0.29, 0.717) is 5.69 Å². The number of hydrogen-bond acceptors (Lipinski definition) is 2. The van der Waals surface area contributed by atoms with Crippen LogP contribution in [0, 0.1) is 0 Å². The van der Waals surface area contributed by atoms with Crippen molar-refractivity contribution in [2.45, 2.75) is 6.42 Å². The molecule has 1 rings (SSSR count). The molecule has 4 nitrogen and oxygen atoms in total. The lowest BCUT2D eigenvalue weighted by atomic mass is 10.3. The van der Waals surface area contributed by atoms with Crippen LogP contribution in [0.5, 0.6) is 0 Å². The average molecular weight is 126 g/mol. The molecular formula is C5H6N2O2. The smallest absolute Gasteiger partial charge is 0.264 e. The lowest BCUT2D eigenvalue weighted by Gasteiger charge is -1.79. The van der Waals surface area contributed by atoms with E-state index in [1.807, 2.05) is 0 Å². The predicted octanol–water partition coefficient (Wildman–Crippen LogP) is -0.556. The van der Waals surface area contributed by atoms with Gasteiger partial charge < -0.3 is 9.89 Å². The molecule has 2 N–H and O–H groups in total. The van der Waals surface area contributed by atoms with Crippen LogP contribution in [0.2, 0.25) is 0 Å². The molecule has 1 aromatic heterocycles. The predicted molar refractivity (Wildman–Crippen MR) is 31.2 cm³/mol. The van der Waals surface area contributed by atoms with Gasteiger partial charge in [-0.15, -0.1) is 0 Å². The Kier molecular flexibility index (Phi) is 1.48. The number of H-pyrrole nitrogens is 2. The van der Waals surface area contributed by atoms with Crippen molar-refractivity contribution in [3.8, 4) is 0 Å². The van der Waals surface area contributed by atoms with Gasteiger partial charge in [-0.25, -0.2) is 0 Å². The Morgan fingerprint density at radius 3 is 2.78 bits per heavy atom. The van der Waals surface area contributed by atoms with Crippen molar-refractivity contribution in [2.75, 3.05) is 0 Å². The van der Waals surface area contributed by atoms with Crippen LogP contribution in [0.3, 0.4) is 0 Å². The van der Waals surface area contributed by atoms with Gasteiger partial charge in [0.25, 0.3) is 5.56 Å². The second-order valence-corrected chi connectivity index (χ2v) is 1.65. The third-order valence-electron chi connectivity index (χ3n) is 0.955. The van der Waals surface area contributed by atoms with E-state index >= 15 is 0 Å². The van der Waals surface area contributed by atoms with E-state index in [1.54, 1.807) is 0 Å². The molecule has 0 saturated heterocycles.